The first-order chi connectivity index (χ1) is 12.4. The number of hydrogen-bond donors (Lipinski definition) is 2. The van der Waals surface area contributed by atoms with Gasteiger partial charge in [0, 0.05) is 40.7 Å². The van der Waals surface area contributed by atoms with Crippen LogP contribution >= 0.6 is 23.5 Å². The molecule has 2 aromatic rings. The van der Waals surface area contributed by atoms with Gasteiger partial charge in [-0.25, -0.2) is 0 Å². The van der Waals surface area contributed by atoms with Crippen molar-refractivity contribution in [2.24, 2.45) is 0 Å². The molecule has 7 heteroatoms. The van der Waals surface area contributed by atoms with Gasteiger partial charge in [0.2, 0.25) is 0 Å². The lowest BCUT2D eigenvalue weighted by Crippen LogP contribution is -2.40. The van der Waals surface area contributed by atoms with Crippen LogP contribution < -0.4 is 19.5 Å². The summed E-state index contributed by atoms with van der Waals surface area (Å²) in [6.45, 7) is 4.01. The Morgan fingerprint density at radius 3 is 2.88 bits per heavy atom. The van der Waals surface area contributed by atoms with E-state index in [-0.39, 0.29) is 16.9 Å². The third-order valence-corrected chi connectivity index (χ3v) is 4.93. The van der Waals surface area contributed by atoms with E-state index in [0.29, 0.717) is 11.4 Å². The molecule has 138 valence electrons. The van der Waals surface area contributed by atoms with Crippen LogP contribution in [0, 0.1) is 0 Å². The minimum atomic E-state index is -0.371. The first-order valence-electron chi connectivity index (χ1n) is 8.22. The summed E-state index contributed by atoms with van der Waals surface area (Å²) in [5.74, 6) is 1.48. The maximum atomic E-state index is 12.4. The number of carbonyl (C=O) groups is 1. The van der Waals surface area contributed by atoms with Gasteiger partial charge in [-0.05, 0) is 44.2 Å². The Hall–Kier alpha value is -2.05. The first-order valence-corrected chi connectivity index (χ1v) is 9.41. The molecular formula is C19H21ClN2O3S. The molecule has 0 saturated heterocycles. The molecule has 2 aromatic carbocycles. The molecule has 0 saturated carbocycles. The minimum absolute atomic E-state index is 0.167. The Morgan fingerprint density at radius 1 is 1.31 bits per heavy atom. The molecule has 26 heavy (non-hydrogen) atoms. The minimum Gasteiger partial charge on any atom is -0.497 e. The smallest absolute Gasteiger partial charge is 0.300 e. The predicted octanol–water partition coefficient (Wildman–Crippen LogP) is 5.42. The van der Waals surface area contributed by atoms with Crippen LogP contribution in [0.4, 0.5) is 10.5 Å². The normalized spacial score (nSPS) is 17.6. The molecule has 1 heterocycles. The number of amides is 1. The summed E-state index contributed by atoms with van der Waals surface area (Å²) in [7, 11) is 1.61. The fraction of sp³-hybridized carbons (Fsp3) is 0.316. The molecule has 0 aliphatic carbocycles. The van der Waals surface area contributed by atoms with Crippen LogP contribution in [-0.2, 0) is 0 Å². The van der Waals surface area contributed by atoms with Crippen LogP contribution in [0.5, 0.6) is 11.5 Å². The second-order valence-corrected chi connectivity index (χ2v) is 7.88. The van der Waals surface area contributed by atoms with Crippen molar-refractivity contribution >= 4 is 34.5 Å². The fourth-order valence-electron chi connectivity index (χ4n) is 2.92. The van der Waals surface area contributed by atoms with Crippen LogP contribution in [0.2, 0.25) is 5.02 Å². The number of fused-ring (bicyclic) bond motifs is 1. The number of carbonyl (C=O) groups excluding carboxylic acids is 1. The molecule has 1 atom stereocenters. The largest absolute Gasteiger partial charge is 0.497 e. The summed E-state index contributed by atoms with van der Waals surface area (Å²) < 4.78 is 14.2. The van der Waals surface area contributed by atoms with E-state index in [1.54, 1.807) is 13.2 Å². The Kier molecular flexibility index (Phi) is 5.53. The molecule has 2 N–H and O–H groups in total. The molecule has 0 unspecified atom stereocenters. The third-order valence-electron chi connectivity index (χ3n) is 4.05. The van der Waals surface area contributed by atoms with Gasteiger partial charge in [-0.15, -0.1) is 0 Å². The average molecular weight is 393 g/mol. The summed E-state index contributed by atoms with van der Waals surface area (Å²) >= 11 is 7.11. The van der Waals surface area contributed by atoms with Crippen LogP contribution in [-0.4, -0.2) is 18.0 Å². The summed E-state index contributed by atoms with van der Waals surface area (Å²) in [6.07, 6.45) is 0.659. The SMILES string of the molecule is COc1cccc(NSC(=O)N[C@@H]2CC(C)(C)Oc3ccc(Cl)cc32)c1. The van der Waals surface area contributed by atoms with E-state index in [9.17, 15) is 4.79 Å². The van der Waals surface area contributed by atoms with E-state index < -0.39 is 0 Å². The first kappa shape index (κ1) is 18.7. The van der Waals surface area contributed by atoms with Crippen molar-refractivity contribution in [3.8, 4) is 11.5 Å². The standard InChI is InChI=1S/C19H21ClN2O3S/c1-19(2)11-16(15-9-12(20)7-8-17(15)25-19)21-18(23)26-22-13-5-4-6-14(10-13)24-3/h4-10,16,22H,11H2,1-3H3,(H,21,23)/t16-/m1/s1. The summed E-state index contributed by atoms with van der Waals surface area (Å²) in [5, 5.41) is 3.49. The van der Waals surface area contributed by atoms with Gasteiger partial charge in [0.15, 0.2) is 0 Å². The van der Waals surface area contributed by atoms with Crippen LogP contribution in [0.3, 0.4) is 0 Å². The molecule has 5 nitrogen and oxygen atoms in total. The third kappa shape index (κ3) is 4.56. The van der Waals surface area contributed by atoms with Crippen molar-refractivity contribution in [2.75, 3.05) is 11.8 Å². The molecule has 0 fully saturated rings. The second-order valence-electron chi connectivity index (χ2n) is 6.67. The zero-order valence-electron chi connectivity index (χ0n) is 14.8. The molecule has 1 aliphatic heterocycles. The van der Waals surface area contributed by atoms with Crippen molar-refractivity contribution < 1.29 is 14.3 Å². The number of benzene rings is 2. The van der Waals surface area contributed by atoms with Gasteiger partial charge < -0.3 is 19.5 Å². The van der Waals surface area contributed by atoms with Gasteiger partial charge in [0.1, 0.15) is 17.1 Å². The highest BCUT2D eigenvalue weighted by atomic mass is 35.5. The number of methoxy groups -OCH3 is 1. The number of halogens is 1. The molecule has 0 radical (unpaired) electrons. The number of ether oxygens (including phenoxy) is 2. The van der Waals surface area contributed by atoms with E-state index in [4.69, 9.17) is 21.1 Å². The van der Waals surface area contributed by atoms with Crippen LogP contribution in [0.25, 0.3) is 0 Å². The summed E-state index contributed by atoms with van der Waals surface area (Å²) in [4.78, 5) is 12.4. The van der Waals surface area contributed by atoms with E-state index >= 15 is 0 Å². The van der Waals surface area contributed by atoms with E-state index in [0.717, 1.165) is 34.7 Å². The topological polar surface area (TPSA) is 59.6 Å². The number of rotatable bonds is 4. The molecule has 1 amide bonds. The molecule has 0 bridgehead atoms. The molecule has 1 aliphatic rings. The van der Waals surface area contributed by atoms with Crippen molar-refractivity contribution in [1.29, 1.82) is 0 Å². The van der Waals surface area contributed by atoms with Crippen molar-refractivity contribution in [1.82, 2.24) is 5.32 Å². The highest BCUT2D eigenvalue weighted by molar-refractivity contribution is 8.14. The maximum Gasteiger partial charge on any atom is 0.300 e. The Bertz CT molecular complexity index is 813. The predicted molar refractivity (Wildman–Crippen MR) is 106 cm³/mol. The van der Waals surface area contributed by atoms with E-state index in [2.05, 4.69) is 10.0 Å². The number of anilines is 1. The van der Waals surface area contributed by atoms with Crippen molar-refractivity contribution in [3.05, 3.63) is 53.1 Å². The Labute approximate surface area is 162 Å². The van der Waals surface area contributed by atoms with Gasteiger partial charge >= 0.3 is 0 Å². The lowest BCUT2D eigenvalue weighted by Gasteiger charge is -2.37. The van der Waals surface area contributed by atoms with Gasteiger partial charge in [-0.2, -0.15) is 0 Å². The second kappa shape index (κ2) is 7.68. The molecule has 0 spiro atoms. The van der Waals surface area contributed by atoms with Gasteiger partial charge in [-0.3, -0.25) is 4.79 Å². The van der Waals surface area contributed by atoms with Crippen molar-refractivity contribution in [3.63, 3.8) is 0 Å². The summed E-state index contributed by atoms with van der Waals surface area (Å²) in [5.41, 5.74) is 1.32. The van der Waals surface area contributed by atoms with Crippen molar-refractivity contribution in [2.45, 2.75) is 31.9 Å². The lowest BCUT2D eigenvalue weighted by molar-refractivity contribution is 0.0686. The zero-order valence-corrected chi connectivity index (χ0v) is 16.4. The van der Waals surface area contributed by atoms with Gasteiger partial charge in [-0.1, -0.05) is 17.7 Å². The number of nitrogens with one attached hydrogen (secondary N) is 2. The van der Waals surface area contributed by atoms with E-state index in [1.165, 1.54) is 0 Å². The average Bonchev–Trinajstić information content (AvgIpc) is 2.60. The van der Waals surface area contributed by atoms with Gasteiger partial charge in [0.25, 0.3) is 5.24 Å². The Morgan fingerprint density at radius 2 is 2.12 bits per heavy atom. The maximum absolute atomic E-state index is 12.4. The highest BCUT2D eigenvalue weighted by Crippen LogP contribution is 2.40. The highest BCUT2D eigenvalue weighted by Gasteiger charge is 2.34. The lowest BCUT2D eigenvalue weighted by atomic mass is 9.90. The number of hydrogen-bond acceptors (Lipinski definition) is 5. The Balaban J connectivity index is 1.67. The quantitative estimate of drug-likeness (QED) is 0.680. The zero-order chi connectivity index (χ0) is 18.7. The van der Waals surface area contributed by atoms with Crippen LogP contribution in [0.15, 0.2) is 42.5 Å². The monoisotopic (exact) mass is 392 g/mol. The van der Waals surface area contributed by atoms with Crippen LogP contribution in [0.1, 0.15) is 31.9 Å². The fourth-order valence-corrected chi connectivity index (χ4v) is 3.64. The van der Waals surface area contributed by atoms with E-state index in [1.807, 2.05) is 50.2 Å². The summed E-state index contributed by atoms with van der Waals surface area (Å²) in [6, 6.07) is 12.7. The van der Waals surface area contributed by atoms with Gasteiger partial charge in [0.05, 0.1) is 13.2 Å². The molecule has 0 aromatic heterocycles. The molecular weight excluding hydrogens is 372 g/mol. The molecule has 3 rings (SSSR count).